The van der Waals surface area contributed by atoms with Gasteiger partial charge in [0.15, 0.2) is 10.8 Å². The molecule has 2 N–H and O–H groups in total. The third-order valence-electron chi connectivity index (χ3n) is 3.65. The number of fused-ring (bicyclic) bond motifs is 1. The van der Waals surface area contributed by atoms with Crippen molar-refractivity contribution in [1.29, 1.82) is 0 Å². The molecule has 1 fully saturated rings. The fourth-order valence-corrected chi connectivity index (χ4v) is 4.31. The molecule has 3 rings (SSSR count). The van der Waals surface area contributed by atoms with Gasteiger partial charge in [0.05, 0.1) is 0 Å². The van der Waals surface area contributed by atoms with E-state index in [-0.39, 0.29) is 11.1 Å². The lowest BCUT2D eigenvalue weighted by Crippen LogP contribution is -2.33. The van der Waals surface area contributed by atoms with E-state index in [1.54, 1.807) is 29.8 Å². The molecule has 20 heavy (non-hydrogen) atoms. The van der Waals surface area contributed by atoms with Crippen LogP contribution in [0.5, 0.6) is 0 Å². The van der Waals surface area contributed by atoms with Gasteiger partial charge in [-0.2, -0.15) is 0 Å². The minimum absolute atomic E-state index is 0.0407. The first-order chi connectivity index (χ1) is 9.62. The van der Waals surface area contributed by atoms with E-state index >= 15 is 0 Å². The summed E-state index contributed by atoms with van der Waals surface area (Å²) in [4.78, 5) is 4.30. The Balaban J connectivity index is 2.07. The number of nitrogens with one attached hydrogen (secondary N) is 2. The summed E-state index contributed by atoms with van der Waals surface area (Å²) < 4.78 is 29.7. The molecule has 0 aromatic carbocycles. The Labute approximate surface area is 118 Å². The predicted molar refractivity (Wildman–Crippen MR) is 77.3 cm³/mol. The third kappa shape index (κ3) is 2.27. The average molecular weight is 294 g/mol. The standard InChI is InChI=1S/C13H18N4O2S/c1-14-12-13(17-9-5-4-8-11(17)15-12)20(18,19)16-10-6-2-3-7-10/h4-5,8-10,14,16H,2-3,6-7H2,1H3. The van der Waals surface area contributed by atoms with Gasteiger partial charge >= 0.3 is 0 Å². The lowest BCUT2D eigenvalue weighted by molar-refractivity contribution is 0.548. The van der Waals surface area contributed by atoms with Gasteiger partial charge in [-0.3, -0.25) is 4.40 Å². The summed E-state index contributed by atoms with van der Waals surface area (Å²) in [6.07, 6.45) is 5.69. The number of sulfonamides is 1. The molecule has 0 amide bonds. The van der Waals surface area contributed by atoms with Crippen LogP contribution in [0.25, 0.3) is 5.65 Å². The Bertz CT molecular complexity index is 717. The van der Waals surface area contributed by atoms with E-state index in [1.165, 1.54) is 0 Å². The molecule has 2 aromatic heterocycles. The van der Waals surface area contributed by atoms with Gasteiger partial charge in [-0.1, -0.05) is 18.9 Å². The van der Waals surface area contributed by atoms with Crippen molar-refractivity contribution in [3.8, 4) is 0 Å². The number of hydrogen-bond acceptors (Lipinski definition) is 4. The number of imidazole rings is 1. The highest BCUT2D eigenvalue weighted by Gasteiger charge is 2.28. The smallest absolute Gasteiger partial charge is 0.260 e. The zero-order valence-electron chi connectivity index (χ0n) is 11.3. The Morgan fingerprint density at radius 1 is 1.30 bits per heavy atom. The summed E-state index contributed by atoms with van der Waals surface area (Å²) in [5, 5.41) is 3.05. The summed E-state index contributed by atoms with van der Waals surface area (Å²) in [6.45, 7) is 0. The maximum absolute atomic E-state index is 12.6. The van der Waals surface area contributed by atoms with Gasteiger partial charge in [0, 0.05) is 19.3 Å². The van der Waals surface area contributed by atoms with E-state index in [4.69, 9.17) is 0 Å². The van der Waals surface area contributed by atoms with Crippen LogP contribution in [0.4, 0.5) is 5.82 Å². The number of nitrogens with zero attached hydrogens (tertiary/aromatic N) is 2. The van der Waals surface area contributed by atoms with Crippen LogP contribution in [-0.2, 0) is 10.0 Å². The van der Waals surface area contributed by atoms with Crippen molar-refractivity contribution in [2.75, 3.05) is 12.4 Å². The lowest BCUT2D eigenvalue weighted by Gasteiger charge is -2.13. The van der Waals surface area contributed by atoms with Crippen LogP contribution in [0.1, 0.15) is 25.7 Å². The molecule has 2 heterocycles. The predicted octanol–water partition coefficient (Wildman–Crippen LogP) is 1.60. The molecule has 0 spiro atoms. The van der Waals surface area contributed by atoms with E-state index in [1.807, 2.05) is 6.07 Å². The normalized spacial score (nSPS) is 16.9. The van der Waals surface area contributed by atoms with Crippen LogP contribution in [0.3, 0.4) is 0 Å². The molecular formula is C13H18N4O2S. The summed E-state index contributed by atoms with van der Waals surface area (Å²) in [6, 6.07) is 5.46. The number of rotatable bonds is 4. The monoisotopic (exact) mass is 294 g/mol. The maximum atomic E-state index is 12.6. The second-order valence-electron chi connectivity index (χ2n) is 5.05. The van der Waals surface area contributed by atoms with Crippen LogP contribution >= 0.6 is 0 Å². The zero-order valence-corrected chi connectivity index (χ0v) is 12.2. The number of hydrogen-bond donors (Lipinski definition) is 2. The highest BCUT2D eigenvalue weighted by molar-refractivity contribution is 7.89. The molecule has 108 valence electrons. The molecular weight excluding hydrogens is 276 g/mol. The summed E-state index contributed by atoms with van der Waals surface area (Å²) >= 11 is 0. The minimum atomic E-state index is -3.58. The molecule has 1 saturated carbocycles. The molecule has 0 atom stereocenters. The van der Waals surface area contributed by atoms with Gasteiger partial charge in [-0.25, -0.2) is 18.1 Å². The molecule has 1 aliphatic carbocycles. The second kappa shape index (κ2) is 5.06. The molecule has 7 heteroatoms. The van der Waals surface area contributed by atoms with Crippen LogP contribution in [0, 0.1) is 0 Å². The van der Waals surface area contributed by atoms with Crippen LogP contribution < -0.4 is 10.0 Å². The second-order valence-corrected chi connectivity index (χ2v) is 6.68. The van der Waals surface area contributed by atoms with E-state index in [9.17, 15) is 8.42 Å². The number of aromatic nitrogens is 2. The highest BCUT2D eigenvalue weighted by atomic mass is 32.2. The van der Waals surface area contributed by atoms with Gasteiger partial charge in [0.2, 0.25) is 0 Å². The molecule has 0 aliphatic heterocycles. The van der Waals surface area contributed by atoms with Gasteiger partial charge in [0.1, 0.15) is 5.65 Å². The topological polar surface area (TPSA) is 75.5 Å². The van der Waals surface area contributed by atoms with Gasteiger partial charge in [-0.15, -0.1) is 0 Å². The van der Waals surface area contributed by atoms with Gasteiger partial charge < -0.3 is 5.32 Å². The van der Waals surface area contributed by atoms with E-state index in [0.29, 0.717) is 11.5 Å². The molecule has 0 radical (unpaired) electrons. The Kier molecular flexibility index (Phi) is 3.39. The maximum Gasteiger partial charge on any atom is 0.260 e. The van der Waals surface area contributed by atoms with Crippen molar-refractivity contribution >= 4 is 21.5 Å². The van der Waals surface area contributed by atoms with Crippen molar-refractivity contribution in [2.45, 2.75) is 36.8 Å². The quantitative estimate of drug-likeness (QED) is 0.898. The zero-order chi connectivity index (χ0) is 14.2. The van der Waals surface area contributed by atoms with Crippen molar-refractivity contribution < 1.29 is 8.42 Å². The van der Waals surface area contributed by atoms with Crippen molar-refractivity contribution in [3.63, 3.8) is 0 Å². The van der Waals surface area contributed by atoms with E-state index < -0.39 is 10.0 Å². The van der Waals surface area contributed by atoms with Gasteiger partial charge in [0.25, 0.3) is 10.0 Å². The number of anilines is 1. The fraction of sp³-hybridized carbons (Fsp3) is 0.462. The van der Waals surface area contributed by atoms with Crippen LogP contribution in [-0.4, -0.2) is 30.9 Å². The Hall–Kier alpha value is -1.60. The van der Waals surface area contributed by atoms with Crippen molar-refractivity contribution in [2.24, 2.45) is 0 Å². The summed E-state index contributed by atoms with van der Waals surface area (Å²) in [5.41, 5.74) is 0.614. The Morgan fingerprint density at radius 2 is 2.05 bits per heavy atom. The first-order valence-electron chi connectivity index (χ1n) is 6.79. The average Bonchev–Trinajstić information content (AvgIpc) is 3.04. The third-order valence-corrected chi connectivity index (χ3v) is 5.20. The lowest BCUT2D eigenvalue weighted by atomic mass is 10.3. The minimum Gasteiger partial charge on any atom is -0.371 e. The molecule has 0 unspecified atom stereocenters. The van der Waals surface area contributed by atoms with E-state index in [2.05, 4.69) is 15.0 Å². The fourth-order valence-electron chi connectivity index (χ4n) is 2.71. The summed E-state index contributed by atoms with van der Waals surface area (Å²) in [7, 11) is -1.90. The molecule has 0 saturated heterocycles. The largest absolute Gasteiger partial charge is 0.371 e. The summed E-state index contributed by atoms with van der Waals surface area (Å²) in [5.74, 6) is 0.377. The van der Waals surface area contributed by atoms with Crippen molar-refractivity contribution in [3.05, 3.63) is 24.4 Å². The van der Waals surface area contributed by atoms with Crippen LogP contribution in [0.2, 0.25) is 0 Å². The first kappa shape index (κ1) is 13.4. The number of pyridine rings is 1. The molecule has 2 aromatic rings. The molecule has 1 aliphatic rings. The first-order valence-corrected chi connectivity index (χ1v) is 8.27. The molecule has 0 bridgehead atoms. The van der Waals surface area contributed by atoms with Gasteiger partial charge in [-0.05, 0) is 25.0 Å². The highest BCUT2D eigenvalue weighted by Crippen LogP contribution is 2.25. The Morgan fingerprint density at radius 3 is 2.75 bits per heavy atom. The van der Waals surface area contributed by atoms with Crippen LogP contribution in [0.15, 0.2) is 29.4 Å². The van der Waals surface area contributed by atoms with E-state index in [0.717, 1.165) is 25.7 Å². The molecule has 6 nitrogen and oxygen atoms in total. The SMILES string of the molecule is CNc1nc2ccccn2c1S(=O)(=O)NC1CCCC1. The van der Waals surface area contributed by atoms with Crippen molar-refractivity contribution in [1.82, 2.24) is 14.1 Å².